The second kappa shape index (κ2) is 4.06. The lowest BCUT2D eigenvalue weighted by Crippen LogP contribution is -2.34. The van der Waals surface area contributed by atoms with Gasteiger partial charge in [0.05, 0.1) is 4.75 Å². The van der Waals surface area contributed by atoms with E-state index in [-0.39, 0.29) is 10.9 Å². The molecular weight excluding hydrogens is 236 g/mol. The van der Waals surface area contributed by atoms with E-state index in [1.165, 1.54) is 12.3 Å². The van der Waals surface area contributed by atoms with Crippen molar-refractivity contribution >= 4 is 21.4 Å². The Hall–Kier alpha value is -0.680. The molecule has 1 aromatic rings. The third-order valence-electron chi connectivity index (χ3n) is 2.08. The lowest BCUT2D eigenvalue weighted by Gasteiger charge is -2.20. The van der Waals surface area contributed by atoms with Gasteiger partial charge in [-0.05, 0) is 26.8 Å². The fourth-order valence-corrected chi connectivity index (χ4v) is 2.57. The van der Waals surface area contributed by atoms with E-state index in [0.717, 1.165) is 0 Å². The van der Waals surface area contributed by atoms with Crippen LogP contribution in [0, 0.1) is 6.92 Å². The highest BCUT2D eigenvalue weighted by atomic mass is 35.5. The van der Waals surface area contributed by atoms with Crippen LogP contribution >= 0.6 is 11.6 Å². The Morgan fingerprint density at radius 1 is 1.47 bits per heavy atom. The molecule has 0 saturated heterocycles. The first kappa shape index (κ1) is 12.4. The normalized spacial score (nSPS) is 12.8. The van der Waals surface area contributed by atoms with E-state index in [4.69, 9.17) is 11.6 Å². The average molecular weight is 249 g/mol. The van der Waals surface area contributed by atoms with Crippen LogP contribution in [-0.2, 0) is 9.84 Å². The molecule has 0 aromatic carbocycles. The molecule has 0 aliphatic carbocycles. The molecule has 1 rings (SSSR count). The van der Waals surface area contributed by atoms with Gasteiger partial charge in [0, 0.05) is 12.1 Å². The van der Waals surface area contributed by atoms with Gasteiger partial charge < -0.3 is 0 Å². The molecule has 0 radical (unpaired) electrons. The van der Waals surface area contributed by atoms with E-state index in [9.17, 15) is 8.42 Å². The van der Waals surface area contributed by atoms with Crippen LogP contribution in [0.4, 0.5) is 0 Å². The van der Waals surface area contributed by atoms with Crippen LogP contribution in [0.25, 0.3) is 0 Å². The average Bonchev–Trinajstić information content (AvgIpc) is 2.17. The Kier molecular flexibility index (Phi) is 3.35. The quantitative estimate of drug-likeness (QED) is 0.602. The second-order valence-corrected chi connectivity index (χ2v) is 6.64. The molecule has 0 unspecified atom stereocenters. The lowest BCUT2D eigenvalue weighted by molar-refractivity contribution is 0.557. The van der Waals surface area contributed by atoms with E-state index in [1.807, 2.05) is 0 Å². The minimum Gasteiger partial charge on any atom is -0.242 e. The van der Waals surface area contributed by atoms with E-state index < -0.39 is 14.6 Å². The third-order valence-corrected chi connectivity index (χ3v) is 5.28. The Morgan fingerprint density at radius 2 is 2.07 bits per heavy atom. The first-order chi connectivity index (χ1) is 6.81. The van der Waals surface area contributed by atoms with Gasteiger partial charge in [0.15, 0.2) is 5.03 Å². The minimum absolute atomic E-state index is 0.0262. The third kappa shape index (κ3) is 2.29. The first-order valence-electron chi connectivity index (χ1n) is 4.41. The molecule has 0 fully saturated rings. The monoisotopic (exact) mass is 248 g/mol. The molecule has 1 heterocycles. The minimum atomic E-state index is -3.49. The van der Waals surface area contributed by atoms with Crippen molar-refractivity contribution in [1.29, 1.82) is 0 Å². The van der Waals surface area contributed by atoms with Crippen LogP contribution < -0.4 is 0 Å². The van der Waals surface area contributed by atoms with Crippen molar-refractivity contribution in [3.05, 3.63) is 18.1 Å². The summed E-state index contributed by atoms with van der Waals surface area (Å²) < 4.78 is 23.1. The number of hydrogen-bond donors (Lipinski definition) is 0. The summed E-state index contributed by atoms with van der Waals surface area (Å²) in [6.45, 7) is 4.80. The Bertz CT molecular complexity index is 457. The van der Waals surface area contributed by atoms with E-state index in [0.29, 0.717) is 5.82 Å². The number of hydrogen-bond acceptors (Lipinski definition) is 4. The van der Waals surface area contributed by atoms with Gasteiger partial charge >= 0.3 is 0 Å². The molecule has 0 aliphatic heterocycles. The number of alkyl halides is 1. The Balaban J connectivity index is 3.30. The number of halogens is 1. The fraction of sp³-hybridized carbons (Fsp3) is 0.556. The molecule has 0 spiro atoms. The van der Waals surface area contributed by atoms with Gasteiger partial charge in [-0.1, -0.05) is 0 Å². The highest BCUT2D eigenvalue weighted by molar-refractivity contribution is 7.92. The van der Waals surface area contributed by atoms with E-state index >= 15 is 0 Å². The smallest absolute Gasteiger partial charge is 0.202 e. The second-order valence-electron chi connectivity index (χ2n) is 3.84. The van der Waals surface area contributed by atoms with Crippen LogP contribution in [0.1, 0.15) is 19.7 Å². The highest BCUT2D eigenvalue weighted by Gasteiger charge is 2.36. The SMILES string of the molecule is Cc1nccc(S(=O)(=O)C(C)(C)CCl)n1. The van der Waals surface area contributed by atoms with Crippen LogP contribution in [0.2, 0.25) is 0 Å². The van der Waals surface area contributed by atoms with Crippen LogP contribution in [-0.4, -0.2) is 29.0 Å². The summed E-state index contributed by atoms with van der Waals surface area (Å²) in [7, 11) is -3.49. The zero-order valence-electron chi connectivity index (χ0n) is 8.86. The number of aromatic nitrogens is 2. The van der Waals surface area contributed by atoms with Crippen LogP contribution in [0.5, 0.6) is 0 Å². The van der Waals surface area contributed by atoms with Gasteiger partial charge in [-0.2, -0.15) is 0 Å². The largest absolute Gasteiger partial charge is 0.242 e. The fourth-order valence-electron chi connectivity index (χ4n) is 0.939. The predicted molar refractivity (Wildman–Crippen MR) is 58.8 cm³/mol. The van der Waals surface area contributed by atoms with E-state index in [2.05, 4.69) is 9.97 Å². The molecule has 0 saturated carbocycles. The zero-order chi connectivity index (χ0) is 11.7. The molecule has 0 N–H and O–H groups in total. The standard InChI is InChI=1S/C9H13ClN2O2S/c1-7-11-5-4-8(12-7)15(13,14)9(2,3)6-10/h4-5H,6H2,1-3H3. The Morgan fingerprint density at radius 3 is 2.53 bits per heavy atom. The topological polar surface area (TPSA) is 59.9 Å². The van der Waals surface area contributed by atoms with Gasteiger partial charge in [0.2, 0.25) is 9.84 Å². The summed E-state index contributed by atoms with van der Waals surface area (Å²) in [6.07, 6.45) is 1.43. The van der Waals surface area contributed by atoms with Gasteiger partial charge in [-0.3, -0.25) is 0 Å². The summed E-state index contributed by atoms with van der Waals surface area (Å²) in [5.74, 6) is 0.458. The van der Waals surface area contributed by atoms with Crippen molar-refractivity contribution in [3.63, 3.8) is 0 Å². The maximum atomic E-state index is 12.1. The maximum Gasteiger partial charge on any atom is 0.202 e. The summed E-state index contributed by atoms with van der Waals surface area (Å²) >= 11 is 5.64. The molecule has 84 valence electrons. The Labute approximate surface area is 94.6 Å². The molecule has 0 aliphatic rings. The molecule has 4 nitrogen and oxygen atoms in total. The maximum absolute atomic E-state index is 12.1. The lowest BCUT2D eigenvalue weighted by atomic mass is 10.2. The van der Waals surface area contributed by atoms with Crippen molar-refractivity contribution in [1.82, 2.24) is 9.97 Å². The number of sulfone groups is 1. The van der Waals surface area contributed by atoms with Crippen molar-refractivity contribution < 1.29 is 8.42 Å². The van der Waals surface area contributed by atoms with Gasteiger partial charge in [0.25, 0.3) is 0 Å². The molecule has 0 bridgehead atoms. The van der Waals surface area contributed by atoms with Crippen LogP contribution in [0.3, 0.4) is 0 Å². The van der Waals surface area contributed by atoms with Gasteiger partial charge in [0.1, 0.15) is 5.82 Å². The predicted octanol–water partition coefficient (Wildman–Crippen LogP) is 1.58. The summed E-state index contributed by atoms with van der Waals surface area (Å²) in [5, 5.41) is 0.0284. The van der Waals surface area contributed by atoms with Crippen molar-refractivity contribution in [2.75, 3.05) is 5.88 Å². The van der Waals surface area contributed by atoms with Crippen LogP contribution in [0.15, 0.2) is 17.3 Å². The van der Waals surface area contributed by atoms with Crippen molar-refractivity contribution in [2.24, 2.45) is 0 Å². The number of rotatable bonds is 3. The zero-order valence-corrected chi connectivity index (χ0v) is 10.4. The summed E-state index contributed by atoms with van der Waals surface area (Å²) in [6, 6.07) is 1.39. The number of nitrogens with zero attached hydrogens (tertiary/aromatic N) is 2. The molecule has 0 atom stereocenters. The van der Waals surface area contributed by atoms with E-state index in [1.54, 1.807) is 20.8 Å². The molecule has 0 amide bonds. The van der Waals surface area contributed by atoms with Crippen molar-refractivity contribution in [2.45, 2.75) is 30.5 Å². The van der Waals surface area contributed by atoms with Gasteiger partial charge in [-0.15, -0.1) is 11.6 Å². The summed E-state index contributed by atoms with van der Waals surface area (Å²) in [5.41, 5.74) is 0. The first-order valence-corrected chi connectivity index (χ1v) is 6.43. The molecule has 6 heteroatoms. The molecule has 15 heavy (non-hydrogen) atoms. The molecule has 1 aromatic heterocycles. The van der Waals surface area contributed by atoms with Gasteiger partial charge in [-0.25, -0.2) is 18.4 Å². The molecular formula is C9H13ClN2O2S. The van der Waals surface area contributed by atoms with Crippen molar-refractivity contribution in [3.8, 4) is 0 Å². The summed E-state index contributed by atoms with van der Waals surface area (Å²) in [4.78, 5) is 7.75. The number of aryl methyl sites for hydroxylation is 1. The highest BCUT2D eigenvalue weighted by Crippen LogP contribution is 2.24.